The maximum Gasteiger partial charge on any atom is 0.338 e. The van der Waals surface area contributed by atoms with Crippen LogP contribution in [0, 0.1) is 0 Å². The molecule has 0 fully saturated rings. The van der Waals surface area contributed by atoms with Gasteiger partial charge in [-0.2, -0.15) is 4.72 Å². The molecule has 2 rings (SSSR count). The van der Waals surface area contributed by atoms with Crippen molar-refractivity contribution in [2.75, 3.05) is 17.2 Å². The first-order valence-corrected chi connectivity index (χ1v) is 11.1. The summed E-state index contributed by atoms with van der Waals surface area (Å²) < 4.78 is 32.4. The zero-order valence-electron chi connectivity index (χ0n) is 17.5. The first-order chi connectivity index (χ1) is 14.6. The average Bonchev–Trinajstić information content (AvgIpc) is 2.72. The van der Waals surface area contributed by atoms with E-state index in [-0.39, 0.29) is 10.8 Å². The quantitative estimate of drug-likeness (QED) is 0.506. The molecule has 1 atom stereocenters. The molecule has 0 heterocycles. The molecule has 3 N–H and O–H groups in total. The van der Waals surface area contributed by atoms with E-state index in [0.29, 0.717) is 30.0 Å². The number of nitrogens with one attached hydrogen (secondary N) is 3. The summed E-state index contributed by atoms with van der Waals surface area (Å²) >= 11 is 0. The number of rotatable bonds is 9. The second-order valence-electron chi connectivity index (χ2n) is 6.75. The highest BCUT2D eigenvalue weighted by Crippen LogP contribution is 2.15. The third-order valence-corrected chi connectivity index (χ3v) is 5.59. The van der Waals surface area contributed by atoms with Crippen LogP contribution < -0.4 is 15.4 Å². The van der Waals surface area contributed by atoms with Crippen LogP contribution >= 0.6 is 0 Å². The molecule has 0 aliphatic heterocycles. The van der Waals surface area contributed by atoms with Crippen LogP contribution in [0.15, 0.2) is 53.4 Å². The van der Waals surface area contributed by atoms with Crippen LogP contribution in [0.25, 0.3) is 0 Å². The van der Waals surface area contributed by atoms with Crippen LogP contribution in [-0.4, -0.2) is 38.9 Å². The van der Waals surface area contributed by atoms with E-state index in [1.165, 1.54) is 62.4 Å². The normalized spacial score (nSPS) is 12.0. The Hall–Kier alpha value is -3.24. The van der Waals surface area contributed by atoms with Gasteiger partial charge in [-0.25, -0.2) is 13.2 Å². The van der Waals surface area contributed by atoms with Crippen molar-refractivity contribution in [3.8, 4) is 0 Å². The average molecular weight is 448 g/mol. The molecule has 0 radical (unpaired) electrons. The van der Waals surface area contributed by atoms with Gasteiger partial charge in [0.2, 0.25) is 21.8 Å². The van der Waals surface area contributed by atoms with Gasteiger partial charge >= 0.3 is 5.97 Å². The Bertz CT molecular complexity index is 1030. The van der Waals surface area contributed by atoms with E-state index in [0.717, 1.165) is 0 Å². The van der Waals surface area contributed by atoms with Gasteiger partial charge in [0.15, 0.2) is 0 Å². The molecule has 0 aromatic heterocycles. The molecule has 2 aromatic carbocycles. The minimum atomic E-state index is -3.95. The van der Waals surface area contributed by atoms with Gasteiger partial charge < -0.3 is 15.4 Å². The molecule has 31 heavy (non-hydrogen) atoms. The number of hydrogen-bond donors (Lipinski definition) is 3. The number of carbonyl (C=O) groups excluding carboxylic acids is 3. The molecule has 0 bridgehead atoms. The van der Waals surface area contributed by atoms with E-state index >= 15 is 0 Å². The number of hydrogen-bond acceptors (Lipinski definition) is 6. The van der Waals surface area contributed by atoms with Crippen molar-refractivity contribution in [2.24, 2.45) is 0 Å². The van der Waals surface area contributed by atoms with Gasteiger partial charge in [0.05, 0.1) is 23.1 Å². The van der Waals surface area contributed by atoms with Crippen molar-refractivity contribution in [1.29, 1.82) is 0 Å². The van der Waals surface area contributed by atoms with Crippen LogP contribution in [0.3, 0.4) is 0 Å². The standard InChI is InChI=1S/C21H25N3O6S/c1-4-13-30-21(27)16-5-7-18(8-6-16)23-20(26)14(2)24-31(28,29)19-11-9-17(10-12-19)22-15(3)25/h5-12,14,24H,4,13H2,1-3H3,(H,22,25)(H,23,26)/t14-/m0/s1. The summed E-state index contributed by atoms with van der Waals surface area (Å²) in [5.74, 6) is -1.30. The summed E-state index contributed by atoms with van der Waals surface area (Å²) in [4.78, 5) is 35.2. The second-order valence-corrected chi connectivity index (χ2v) is 8.47. The Balaban J connectivity index is 1.98. The largest absolute Gasteiger partial charge is 0.462 e. The van der Waals surface area contributed by atoms with Crippen molar-refractivity contribution in [2.45, 2.75) is 38.1 Å². The first kappa shape index (κ1) is 24.0. The molecule has 0 saturated carbocycles. The maximum atomic E-state index is 12.5. The summed E-state index contributed by atoms with van der Waals surface area (Å²) in [6.45, 7) is 4.97. The molecular formula is C21H25N3O6S. The molecule has 2 aromatic rings. The topological polar surface area (TPSA) is 131 Å². The molecule has 2 amide bonds. The Kier molecular flexibility index (Phi) is 8.29. The Labute approximate surface area is 181 Å². The molecular weight excluding hydrogens is 422 g/mol. The van der Waals surface area contributed by atoms with Gasteiger partial charge in [-0.1, -0.05) is 6.92 Å². The molecule has 0 unspecified atom stereocenters. The lowest BCUT2D eigenvalue weighted by Crippen LogP contribution is -2.41. The fourth-order valence-corrected chi connectivity index (χ4v) is 3.70. The first-order valence-electron chi connectivity index (χ1n) is 9.60. The molecule has 0 spiro atoms. The number of benzene rings is 2. The van der Waals surface area contributed by atoms with Crippen LogP contribution in [0.2, 0.25) is 0 Å². The second kappa shape index (κ2) is 10.7. The number of sulfonamides is 1. The zero-order valence-corrected chi connectivity index (χ0v) is 18.3. The van der Waals surface area contributed by atoms with Crippen molar-refractivity contribution >= 4 is 39.2 Å². The van der Waals surface area contributed by atoms with Gasteiger partial charge in [0.1, 0.15) is 0 Å². The Morgan fingerprint density at radius 1 is 0.935 bits per heavy atom. The highest BCUT2D eigenvalue weighted by molar-refractivity contribution is 7.89. The van der Waals surface area contributed by atoms with Crippen LogP contribution in [0.1, 0.15) is 37.6 Å². The summed E-state index contributed by atoms with van der Waals surface area (Å²) in [6, 6.07) is 10.6. The van der Waals surface area contributed by atoms with E-state index < -0.39 is 27.9 Å². The van der Waals surface area contributed by atoms with Crippen LogP contribution in [0.4, 0.5) is 11.4 Å². The van der Waals surface area contributed by atoms with Crippen molar-refractivity contribution < 1.29 is 27.5 Å². The van der Waals surface area contributed by atoms with E-state index in [9.17, 15) is 22.8 Å². The fraction of sp³-hybridized carbons (Fsp3) is 0.286. The van der Waals surface area contributed by atoms with Crippen molar-refractivity contribution in [3.05, 3.63) is 54.1 Å². The van der Waals surface area contributed by atoms with Crippen molar-refractivity contribution in [1.82, 2.24) is 4.72 Å². The molecule has 10 heteroatoms. The number of carbonyl (C=O) groups is 3. The summed E-state index contributed by atoms with van der Waals surface area (Å²) in [7, 11) is -3.95. The highest BCUT2D eigenvalue weighted by Gasteiger charge is 2.22. The summed E-state index contributed by atoms with van der Waals surface area (Å²) in [5, 5.41) is 5.13. The van der Waals surface area contributed by atoms with Gasteiger partial charge in [0, 0.05) is 18.3 Å². The summed E-state index contributed by atoms with van der Waals surface area (Å²) in [5.41, 5.74) is 1.21. The lowest BCUT2D eigenvalue weighted by atomic mass is 10.2. The van der Waals surface area contributed by atoms with Crippen LogP contribution in [0.5, 0.6) is 0 Å². The minimum Gasteiger partial charge on any atom is -0.462 e. The number of esters is 1. The fourth-order valence-electron chi connectivity index (χ4n) is 2.49. The molecule has 0 aliphatic rings. The third-order valence-electron chi connectivity index (χ3n) is 4.04. The predicted molar refractivity (Wildman–Crippen MR) is 116 cm³/mol. The predicted octanol–water partition coefficient (Wildman–Crippen LogP) is 2.52. The molecule has 166 valence electrons. The molecule has 9 nitrogen and oxygen atoms in total. The lowest BCUT2D eigenvalue weighted by molar-refractivity contribution is -0.117. The van der Waals surface area contributed by atoms with Crippen LogP contribution in [-0.2, 0) is 24.3 Å². The SMILES string of the molecule is CCCOC(=O)c1ccc(NC(=O)[C@H](C)NS(=O)(=O)c2ccc(NC(C)=O)cc2)cc1. The van der Waals surface area contributed by atoms with Crippen molar-refractivity contribution in [3.63, 3.8) is 0 Å². The minimum absolute atomic E-state index is 0.0452. The smallest absolute Gasteiger partial charge is 0.338 e. The van der Waals surface area contributed by atoms with Gasteiger partial charge in [0.25, 0.3) is 0 Å². The third kappa shape index (κ3) is 7.19. The van der Waals surface area contributed by atoms with E-state index in [4.69, 9.17) is 4.74 Å². The monoisotopic (exact) mass is 447 g/mol. The Morgan fingerprint density at radius 2 is 1.48 bits per heavy atom. The van der Waals surface area contributed by atoms with Gasteiger partial charge in [-0.15, -0.1) is 0 Å². The number of ether oxygens (including phenoxy) is 1. The zero-order chi connectivity index (χ0) is 23.0. The van der Waals surface area contributed by atoms with E-state index in [2.05, 4.69) is 15.4 Å². The number of anilines is 2. The van der Waals surface area contributed by atoms with Gasteiger partial charge in [-0.3, -0.25) is 9.59 Å². The summed E-state index contributed by atoms with van der Waals surface area (Å²) in [6.07, 6.45) is 0.715. The Morgan fingerprint density at radius 3 is 2.03 bits per heavy atom. The van der Waals surface area contributed by atoms with E-state index in [1.807, 2.05) is 6.92 Å². The lowest BCUT2D eigenvalue weighted by Gasteiger charge is -2.15. The van der Waals surface area contributed by atoms with E-state index in [1.54, 1.807) is 0 Å². The molecule has 0 saturated heterocycles. The number of amides is 2. The maximum absolute atomic E-state index is 12.5. The molecule has 0 aliphatic carbocycles. The van der Waals surface area contributed by atoms with Gasteiger partial charge in [-0.05, 0) is 61.9 Å². The highest BCUT2D eigenvalue weighted by atomic mass is 32.2.